The van der Waals surface area contributed by atoms with Gasteiger partial charge in [0.25, 0.3) is 0 Å². The third kappa shape index (κ3) is 4.23. The lowest BCUT2D eigenvalue weighted by Crippen LogP contribution is -2.46. The van der Waals surface area contributed by atoms with Crippen LogP contribution in [0, 0.1) is 11.8 Å². The summed E-state index contributed by atoms with van der Waals surface area (Å²) in [6.07, 6.45) is 2.89. The zero-order chi connectivity index (χ0) is 13.1. The fraction of sp³-hybridized carbons (Fsp3) is 1.00. The van der Waals surface area contributed by atoms with E-state index >= 15 is 0 Å². The lowest BCUT2D eigenvalue weighted by molar-refractivity contribution is 0.242. The smallest absolute Gasteiger partial charge is 0.214 e. The molecule has 0 aromatic carbocycles. The largest absolute Gasteiger partial charge is 0.328 e. The van der Waals surface area contributed by atoms with E-state index in [0.29, 0.717) is 19.0 Å². The van der Waals surface area contributed by atoms with Crippen LogP contribution in [0.1, 0.15) is 40.0 Å². The fourth-order valence-electron chi connectivity index (χ4n) is 2.24. The van der Waals surface area contributed by atoms with Crippen molar-refractivity contribution in [3.63, 3.8) is 0 Å². The average Bonchev–Trinajstić information content (AvgIpc) is 2.28. The quantitative estimate of drug-likeness (QED) is 0.815. The highest BCUT2D eigenvalue weighted by molar-refractivity contribution is 7.89. The van der Waals surface area contributed by atoms with Gasteiger partial charge in [-0.2, -0.15) is 0 Å². The van der Waals surface area contributed by atoms with E-state index in [-0.39, 0.29) is 17.7 Å². The summed E-state index contributed by atoms with van der Waals surface area (Å²) in [6.45, 7) is 7.26. The third-order valence-corrected chi connectivity index (χ3v) is 5.86. The number of hydrogen-bond donors (Lipinski definition) is 1. The Morgan fingerprint density at radius 1 is 1.41 bits per heavy atom. The maximum atomic E-state index is 12.2. The SMILES string of the molecule is CCC(C)CS(=O)(=O)N1CCCC(C(C)N)C1. The lowest BCUT2D eigenvalue weighted by atomic mass is 9.93. The number of piperidine rings is 1. The van der Waals surface area contributed by atoms with Crippen molar-refractivity contribution in [1.29, 1.82) is 0 Å². The summed E-state index contributed by atoms with van der Waals surface area (Å²) >= 11 is 0. The van der Waals surface area contributed by atoms with Crippen LogP contribution in [0.25, 0.3) is 0 Å². The molecular formula is C12H26N2O2S. The van der Waals surface area contributed by atoms with Crippen LogP contribution < -0.4 is 5.73 Å². The minimum absolute atomic E-state index is 0.0802. The van der Waals surface area contributed by atoms with Crippen molar-refractivity contribution in [2.45, 2.75) is 46.1 Å². The van der Waals surface area contributed by atoms with E-state index in [2.05, 4.69) is 0 Å². The van der Waals surface area contributed by atoms with Gasteiger partial charge in [0.1, 0.15) is 0 Å². The number of hydrogen-bond acceptors (Lipinski definition) is 3. The number of sulfonamides is 1. The third-order valence-electron chi connectivity index (χ3n) is 3.75. The van der Waals surface area contributed by atoms with Crippen LogP contribution in [-0.4, -0.2) is 37.6 Å². The predicted octanol–water partition coefficient (Wildman–Crippen LogP) is 1.42. The number of nitrogens with two attached hydrogens (primary N) is 1. The second-order valence-corrected chi connectivity index (χ2v) is 7.42. The van der Waals surface area contributed by atoms with Crippen molar-refractivity contribution in [3.05, 3.63) is 0 Å². The summed E-state index contributed by atoms with van der Waals surface area (Å²) in [6, 6.07) is 0.0802. The molecule has 0 amide bonds. The summed E-state index contributed by atoms with van der Waals surface area (Å²) in [5.41, 5.74) is 5.88. The van der Waals surface area contributed by atoms with Crippen molar-refractivity contribution >= 4 is 10.0 Å². The maximum absolute atomic E-state index is 12.2. The summed E-state index contributed by atoms with van der Waals surface area (Å²) in [4.78, 5) is 0. The van der Waals surface area contributed by atoms with Crippen LogP contribution in [0.15, 0.2) is 0 Å². The van der Waals surface area contributed by atoms with Crippen LogP contribution in [0.3, 0.4) is 0 Å². The molecule has 102 valence electrons. The first-order chi connectivity index (χ1) is 7.86. The molecule has 1 aliphatic rings. The maximum Gasteiger partial charge on any atom is 0.214 e. The van der Waals surface area contributed by atoms with Gasteiger partial charge in [0.2, 0.25) is 10.0 Å². The summed E-state index contributed by atoms with van der Waals surface area (Å²) in [7, 11) is -3.08. The Morgan fingerprint density at radius 2 is 2.06 bits per heavy atom. The molecule has 5 heteroatoms. The molecule has 0 bridgehead atoms. The molecule has 0 spiro atoms. The summed E-state index contributed by atoms with van der Waals surface area (Å²) in [5.74, 6) is 0.820. The minimum atomic E-state index is -3.08. The first-order valence-corrected chi connectivity index (χ1v) is 8.21. The highest BCUT2D eigenvalue weighted by Crippen LogP contribution is 2.22. The minimum Gasteiger partial charge on any atom is -0.328 e. The van der Waals surface area contributed by atoms with Gasteiger partial charge >= 0.3 is 0 Å². The molecule has 1 saturated heterocycles. The van der Waals surface area contributed by atoms with Gasteiger partial charge in [-0.05, 0) is 31.6 Å². The normalized spacial score (nSPS) is 26.7. The Kier molecular flexibility index (Phi) is 5.41. The molecule has 4 nitrogen and oxygen atoms in total. The Balaban J connectivity index is 2.65. The Labute approximate surface area is 106 Å². The van der Waals surface area contributed by atoms with Gasteiger partial charge in [-0.25, -0.2) is 12.7 Å². The number of rotatable bonds is 5. The molecule has 3 atom stereocenters. The van der Waals surface area contributed by atoms with Gasteiger partial charge < -0.3 is 5.73 Å². The highest BCUT2D eigenvalue weighted by atomic mass is 32.2. The fourth-order valence-corrected chi connectivity index (χ4v) is 4.23. The monoisotopic (exact) mass is 262 g/mol. The van der Waals surface area contributed by atoms with E-state index in [1.807, 2.05) is 20.8 Å². The second kappa shape index (κ2) is 6.16. The van der Waals surface area contributed by atoms with Crippen molar-refractivity contribution < 1.29 is 8.42 Å². The molecule has 1 heterocycles. The highest BCUT2D eigenvalue weighted by Gasteiger charge is 2.30. The molecule has 0 aliphatic carbocycles. The molecule has 0 aromatic heterocycles. The molecule has 0 saturated carbocycles. The van der Waals surface area contributed by atoms with E-state index in [1.165, 1.54) is 0 Å². The van der Waals surface area contributed by atoms with Gasteiger partial charge in [0.05, 0.1) is 5.75 Å². The molecule has 0 aromatic rings. The summed E-state index contributed by atoms with van der Waals surface area (Å²) < 4.78 is 26.1. The van der Waals surface area contributed by atoms with E-state index in [0.717, 1.165) is 19.3 Å². The van der Waals surface area contributed by atoms with Gasteiger partial charge in [-0.1, -0.05) is 20.3 Å². The Bertz CT molecular complexity index is 327. The number of nitrogens with zero attached hydrogens (tertiary/aromatic N) is 1. The van der Waals surface area contributed by atoms with Crippen molar-refractivity contribution in [2.75, 3.05) is 18.8 Å². The molecule has 1 aliphatic heterocycles. The zero-order valence-corrected chi connectivity index (χ0v) is 12.0. The van der Waals surface area contributed by atoms with Crippen LogP contribution in [0.5, 0.6) is 0 Å². The van der Waals surface area contributed by atoms with Gasteiger partial charge in [0.15, 0.2) is 0 Å². The Hall–Kier alpha value is -0.130. The molecule has 3 unspecified atom stereocenters. The molecule has 17 heavy (non-hydrogen) atoms. The van der Waals surface area contributed by atoms with Gasteiger partial charge in [-0.15, -0.1) is 0 Å². The van der Waals surface area contributed by atoms with Crippen LogP contribution in [0.2, 0.25) is 0 Å². The van der Waals surface area contributed by atoms with Crippen molar-refractivity contribution in [2.24, 2.45) is 17.6 Å². The standard InChI is InChI=1S/C12H26N2O2S/c1-4-10(2)9-17(15,16)14-7-5-6-12(8-14)11(3)13/h10-12H,4-9,13H2,1-3H3. The summed E-state index contributed by atoms with van der Waals surface area (Å²) in [5, 5.41) is 0. The van der Waals surface area contributed by atoms with E-state index in [1.54, 1.807) is 4.31 Å². The predicted molar refractivity (Wildman–Crippen MR) is 71.2 cm³/mol. The zero-order valence-electron chi connectivity index (χ0n) is 11.2. The first-order valence-electron chi connectivity index (χ1n) is 6.60. The van der Waals surface area contributed by atoms with E-state index < -0.39 is 10.0 Å². The van der Waals surface area contributed by atoms with Crippen molar-refractivity contribution in [3.8, 4) is 0 Å². The molecule has 2 N–H and O–H groups in total. The van der Waals surface area contributed by atoms with Gasteiger partial charge in [-0.3, -0.25) is 0 Å². The average molecular weight is 262 g/mol. The van der Waals surface area contributed by atoms with Crippen LogP contribution >= 0.6 is 0 Å². The topological polar surface area (TPSA) is 63.4 Å². The lowest BCUT2D eigenvalue weighted by Gasteiger charge is -2.34. The Morgan fingerprint density at radius 3 is 2.59 bits per heavy atom. The van der Waals surface area contributed by atoms with Gasteiger partial charge in [0, 0.05) is 19.1 Å². The molecular weight excluding hydrogens is 236 g/mol. The first kappa shape index (κ1) is 14.9. The van der Waals surface area contributed by atoms with E-state index in [9.17, 15) is 8.42 Å². The second-order valence-electron chi connectivity index (χ2n) is 5.41. The van der Waals surface area contributed by atoms with Crippen LogP contribution in [0.4, 0.5) is 0 Å². The molecule has 1 rings (SSSR count). The van der Waals surface area contributed by atoms with Crippen molar-refractivity contribution in [1.82, 2.24) is 4.31 Å². The molecule has 0 radical (unpaired) electrons. The molecule has 1 fully saturated rings. The van der Waals surface area contributed by atoms with E-state index in [4.69, 9.17) is 5.73 Å². The van der Waals surface area contributed by atoms with Crippen LogP contribution in [-0.2, 0) is 10.0 Å².